The predicted molar refractivity (Wildman–Crippen MR) is 104 cm³/mol. The molecule has 1 unspecified atom stereocenters. The lowest BCUT2D eigenvalue weighted by molar-refractivity contribution is -0.138. The van der Waals surface area contributed by atoms with E-state index in [1.165, 1.54) is 4.31 Å². The van der Waals surface area contributed by atoms with Crippen LogP contribution in [0.25, 0.3) is 0 Å². The Kier molecular flexibility index (Phi) is 6.68. The molecule has 0 bridgehead atoms. The molecule has 2 rings (SSSR count). The summed E-state index contributed by atoms with van der Waals surface area (Å²) in [5, 5.41) is 8.89. The zero-order valence-electron chi connectivity index (χ0n) is 17.0. The molecule has 1 fully saturated rings. The van der Waals surface area contributed by atoms with Crippen molar-refractivity contribution in [1.82, 2.24) is 9.21 Å². The molecular formula is C19H30N2O5S. The predicted octanol–water partition coefficient (Wildman–Crippen LogP) is 1.63. The fraction of sp³-hybridized carbons (Fsp3) is 0.632. The molecule has 7 nitrogen and oxygen atoms in total. The standard InChI is InChI=1S/C19H30N2O5S/c1-12-13(2)15(4)19(16(5)14(12)3)27(24,25)21-7-8-26-17(10-21)9-20(6)11-18(22)23/h17H,7-11H2,1-6H3,(H,22,23). The third kappa shape index (κ3) is 4.51. The Bertz CT molecular complexity index is 806. The Morgan fingerprint density at radius 3 is 2.15 bits per heavy atom. The van der Waals surface area contributed by atoms with Crippen LogP contribution in [0, 0.1) is 34.6 Å². The molecule has 0 aliphatic carbocycles. The third-order valence-corrected chi connectivity index (χ3v) is 7.69. The number of sulfonamides is 1. The molecule has 0 aromatic heterocycles. The molecule has 1 aromatic rings. The van der Waals surface area contributed by atoms with E-state index in [-0.39, 0.29) is 19.2 Å². The highest BCUT2D eigenvalue weighted by molar-refractivity contribution is 7.89. The normalized spacial score (nSPS) is 18.9. The van der Waals surface area contributed by atoms with E-state index in [2.05, 4.69) is 0 Å². The molecule has 1 atom stereocenters. The molecule has 1 N–H and O–H groups in total. The number of hydrogen-bond donors (Lipinski definition) is 1. The molecule has 27 heavy (non-hydrogen) atoms. The first-order valence-electron chi connectivity index (χ1n) is 9.05. The van der Waals surface area contributed by atoms with Gasteiger partial charge in [0.25, 0.3) is 0 Å². The van der Waals surface area contributed by atoms with Crippen molar-refractivity contribution < 1.29 is 23.1 Å². The first-order chi connectivity index (χ1) is 12.5. The topological polar surface area (TPSA) is 87.2 Å². The van der Waals surface area contributed by atoms with Gasteiger partial charge >= 0.3 is 5.97 Å². The number of hydrogen-bond acceptors (Lipinski definition) is 5. The summed E-state index contributed by atoms with van der Waals surface area (Å²) >= 11 is 0. The maximum absolute atomic E-state index is 13.4. The highest BCUT2D eigenvalue weighted by atomic mass is 32.2. The van der Waals surface area contributed by atoms with Gasteiger partial charge in [0.1, 0.15) is 0 Å². The lowest BCUT2D eigenvalue weighted by atomic mass is 9.95. The second-order valence-electron chi connectivity index (χ2n) is 7.40. The molecule has 0 radical (unpaired) electrons. The molecule has 152 valence electrons. The van der Waals surface area contributed by atoms with Crippen molar-refractivity contribution in [3.05, 3.63) is 27.8 Å². The SMILES string of the molecule is Cc1c(C)c(C)c(S(=O)(=O)N2CCOC(CN(C)CC(=O)O)C2)c(C)c1C. The number of benzene rings is 1. The van der Waals surface area contributed by atoms with Gasteiger partial charge in [0.05, 0.1) is 24.2 Å². The van der Waals surface area contributed by atoms with Gasteiger partial charge in [-0.2, -0.15) is 4.31 Å². The maximum Gasteiger partial charge on any atom is 0.317 e. The van der Waals surface area contributed by atoms with Crippen molar-refractivity contribution in [2.45, 2.75) is 45.6 Å². The summed E-state index contributed by atoms with van der Waals surface area (Å²) < 4.78 is 34.0. The highest BCUT2D eigenvalue weighted by Gasteiger charge is 2.34. The van der Waals surface area contributed by atoms with Crippen LogP contribution in [0.3, 0.4) is 0 Å². The number of morpholine rings is 1. The van der Waals surface area contributed by atoms with Crippen LogP contribution < -0.4 is 0 Å². The van der Waals surface area contributed by atoms with Gasteiger partial charge in [-0.15, -0.1) is 0 Å². The Morgan fingerprint density at radius 1 is 1.11 bits per heavy atom. The van der Waals surface area contributed by atoms with E-state index in [9.17, 15) is 13.2 Å². The summed E-state index contributed by atoms with van der Waals surface area (Å²) in [4.78, 5) is 12.9. The fourth-order valence-corrected chi connectivity index (χ4v) is 5.66. The molecule has 8 heteroatoms. The van der Waals surface area contributed by atoms with Crippen LogP contribution in [0.15, 0.2) is 4.90 Å². The van der Waals surface area contributed by atoms with E-state index in [1.807, 2.05) is 34.6 Å². The zero-order valence-corrected chi connectivity index (χ0v) is 17.8. The van der Waals surface area contributed by atoms with Gasteiger partial charge in [-0.05, 0) is 69.5 Å². The minimum Gasteiger partial charge on any atom is -0.480 e. The summed E-state index contributed by atoms with van der Waals surface area (Å²) in [6.07, 6.45) is -0.355. The largest absolute Gasteiger partial charge is 0.480 e. The van der Waals surface area contributed by atoms with Crippen molar-refractivity contribution in [2.24, 2.45) is 0 Å². The van der Waals surface area contributed by atoms with Crippen molar-refractivity contribution in [3.63, 3.8) is 0 Å². The minimum absolute atomic E-state index is 0.110. The number of rotatable bonds is 6. The van der Waals surface area contributed by atoms with E-state index in [4.69, 9.17) is 9.84 Å². The first-order valence-corrected chi connectivity index (χ1v) is 10.5. The smallest absolute Gasteiger partial charge is 0.317 e. The number of carboxylic acid groups (broad SMARTS) is 1. The van der Waals surface area contributed by atoms with Crippen LogP contribution in [-0.4, -0.2) is 74.6 Å². The molecular weight excluding hydrogens is 368 g/mol. The van der Waals surface area contributed by atoms with Gasteiger partial charge in [0.15, 0.2) is 0 Å². The van der Waals surface area contributed by atoms with Gasteiger partial charge in [0, 0.05) is 19.6 Å². The minimum atomic E-state index is -3.66. The number of carboxylic acids is 1. The second-order valence-corrected chi connectivity index (χ2v) is 9.28. The first kappa shape index (κ1) is 21.8. The lowest BCUT2D eigenvalue weighted by Crippen LogP contribution is -2.49. The second kappa shape index (κ2) is 8.26. The monoisotopic (exact) mass is 398 g/mol. The number of likely N-dealkylation sites (N-methyl/N-ethyl adjacent to an activating group) is 1. The fourth-order valence-electron chi connectivity index (χ4n) is 3.65. The summed E-state index contributed by atoms with van der Waals surface area (Å²) in [5.74, 6) is -0.922. The van der Waals surface area contributed by atoms with Crippen LogP contribution in [0.5, 0.6) is 0 Å². The van der Waals surface area contributed by atoms with Gasteiger partial charge < -0.3 is 9.84 Å². The summed E-state index contributed by atoms with van der Waals surface area (Å²) in [6.45, 7) is 10.7. The van der Waals surface area contributed by atoms with Crippen LogP contribution >= 0.6 is 0 Å². The molecule has 1 aromatic carbocycles. The number of nitrogens with zero attached hydrogens (tertiary/aromatic N) is 2. The van der Waals surface area contributed by atoms with Crippen molar-refractivity contribution in [2.75, 3.05) is 39.8 Å². The Labute approximate surface area is 162 Å². The molecule has 1 aliphatic rings. The van der Waals surface area contributed by atoms with Crippen LogP contribution in [0.2, 0.25) is 0 Å². The average Bonchev–Trinajstić information content (AvgIpc) is 2.57. The maximum atomic E-state index is 13.4. The van der Waals surface area contributed by atoms with E-state index in [0.717, 1.165) is 27.8 Å². The van der Waals surface area contributed by atoms with Crippen LogP contribution in [0.1, 0.15) is 27.8 Å². The van der Waals surface area contributed by atoms with Crippen LogP contribution in [-0.2, 0) is 19.6 Å². The van der Waals surface area contributed by atoms with Gasteiger partial charge in [0.2, 0.25) is 10.0 Å². The van der Waals surface area contributed by atoms with Crippen molar-refractivity contribution >= 4 is 16.0 Å². The Balaban J connectivity index is 2.31. The molecule has 1 heterocycles. The molecule has 1 aliphatic heterocycles. The van der Waals surface area contributed by atoms with E-state index < -0.39 is 16.0 Å². The third-order valence-electron chi connectivity index (χ3n) is 5.55. The number of aliphatic carboxylic acids is 1. The summed E-state index contributed by atoms with van der Waals surface area (Å²) in [6, 6.07) is 0. The molecule has 0 amide bonds. The molecule has 0 spiro atoms. The van der Waals surface area contributed by atoms with Gasteiger partial charge in [-0.25, -0.2) is 8.42 Å². The van der Waals surface area contributed by atoms with Crippen LogP contribution in [0.4, 0.5) is 0 Å². The number of carbonyl (C=O) groups is 1. The molecule has 1 saturated heterocycles. The van der Waals surface area contributed by atoms with Crippen molar-refractivity contribution in [3.8, 4) is 0 Å². The Morgan fingerprint density at radius 2 is 1.63 bits per heavy atom. The van der Waals surface area contributed by atoms with Gasteiger partial charge in [-0.1, -0.05) is 0 Å². The highest BCUT2D eigenvalue weighted by Crippen LogP contribution is 2.32. The Hall–Kier alpha value is -1.48. The summed E-state index contributed by atoms with van der Waals surface area (Å²) in [5.41, 5.74) is 4.72. The van der Waals surface area contributed by atoms with E-state index >= 15 is 0 Å². The lowest BCUT2D eigenvalue weighted by Gasteiger charge is -2.34. The quantitative estimate of drug-likeness (QED) is 0.784. The number of ether oxygens (including phenoxy) is 1. The average molecular weight is 399 g/mol. The van der Waals surface area contributed by atoms with E-state index in [1.54, 1.807) is 11.9 Å². The summed E-state index contributed by atoms with van der Waals surface area (Å²) in [7, 11) is -1.97. The van der Waals surface area contributed by atoms with Crippen molar-refractivity contribution in [1.29, 1.82) is 0 Å². The molecule has 0 saturated carbocycles. The van der Waals surface area contributed by atoms with E-state index in [0.29, 0.717) is 24.6 Å². The zero-order chi connectivity index (χ0) is 20.5. The van der Waals surface area contributed by atoms with Gasteiger partial charge in [-0.3, -0.25) is 9.69 Å².